The summed E-state index contributed by atoms with van der Waals surface area (Å²) in [6.07, 6.45) is 0. The van der Waals surface area contributed by atoms with Gasteiger partial charge in [0.2, 0.25) is 0 Å². The summed E-state index contributed by atoms with van der Waals surface area (Å²) in [5.41, 5.74) is 13.5. The molecule has 0 saturated carbocycles. The van der Waals surface area contributed by atoms with Crippen molar-refractivity contribution in [1.29, 1.82) is 0 Å². The second kappa shape index (κ2) is 8.89. The van der Waals surface area contributed by atoms with Crippen molar-refractivity contribution in [3.05, 3.63) is 139 Å². The molecule has 2 aromatic heterocycles. The van der Waals surface area contributed by atoms with Crippen LogP contribution < -0.4 is 0 Å². The standard InChI is InChI=1S/C38H25NOS/c1-4-10-35-29(7-1)30-8-2-5-11-36(30)39(35)28-17-15-27-23-41-22-26-14-13-24(19-32(26)33(27)21-28)25-16-18-38-34(20-25)31-9-3-6-12-37(31)40-38/h1-21H,22-23H2. The molecule has 0 saturated heterocycles. The molecule has 3 heterocycles. The first-order chi connectivity index (χ1) is 20.3. The predicted molar refractivity (Wildman–Crippen MR) is 174 cm³/mol. The maximum Gasteiger partial charge on any atom is 0.135 e. The highest BCUT2D eigenvalue weighted by Crippen LogP contribution is 2.41. The first-order valence-corrected chi connectivity index (χ1v) is 15.2. The fourth-order valence-electron chi connectivity index (χ4n) is 6.59. The first kappa shape index (κ1) is 23.0. The Kier molecular flexibility index (Phi) is 4.99. The van der Waals surface area contributed by atoms with E-state index < -0.39 is 0 Å². The van der Waals surface area contributed by atoms with E-state index >= 15 is 0 Å². The van der Waals surface area contributed by atoms with Crippen molar-refractivity contribution in [1.82, 2.24) is 4.57 Å². The lowest BCUT2D eigenvalue weighted by Gasteiger charge is -2.15. The fraction of sp³-hybridized carbons (Fsp3) is 0.0526. The van der Waals surface area contributed by atoms with Crippen LogP contribution >= 0.6 is 11.8 Å². The number of benzene rings is 6. The molecule has 41 heavy (non-hydrogen) atoms. The van der Waals surface area contributed by atoms with Gasteiger partial charge in [0, 0.05) is 38.7 Å². The average Bonchev–Trinajstić information content (AvgIpc) is 3.50. The molecule has 1 aliphatic rings. The third-order valence-electron chi connectivity index (χ3n) is 8.56. The number of hydrogen-bond acceptors (Lipinski definition) is 2. The maximum atomic E-state index is 6.10. The Morgan fingerprint density at radius 3 is 1.85 bits per heavy atom. The monoisotopic (exact) mass is 543 g/mol. The van der Waals surface area contributed by atoms with Crippen LogP contribution in [0.3, 0.4) is 0 Å². The quantitative estimate of drug-likeness (QED) is 0.216. The van der Waals surface area contributed by atoms with Gasteiger partial charge in [0.1, 0.15) is 11.2 Å². The van der Waals surface area contributed by atoms with E-state index in [9.17, 15) is 0 Å². The van der Waals surface area contributed by atoms with Crippen molar-refractivity contribution in [2.24, 2.45) is 0 Å². The van der Waals surface area contributed by atoms with Gasteiger partial charge in [-0.1, -0.05) is 78.9 Å². The second-order valence-electron chi connectivity index (χ2n) is 10.9. The number of thioether (sulfide) groups is 1. The van der Waals surface area contributed by atoms with Gasteiger partial charge in [-0.2, -0.15) is 11.8 Å². The molecule has 0 atom stereocenters. The lowest BCUT2D eigenvalue weighted by Crippen LogP contribution is -1.97. The molecule has 8 aromatic rings. The van der Waals surface area contributed by atoms with E-state index in [4.69, 9.17) is 4.42 Å². The Morgan fingerprint density at radius 2 is 1.07 bits per heavy atom. The molecule has 0 N–H and O–H groups in total. The van der Waals surface area contributed by atoms with E-state index in [1.807, 2.05) is 23.9 Å². The van der Waals surface area contributed by atoms with Gasteiger partial charge in [-0.15, -0.1) is 0 Å². The van der Waals surface area contributed by atoms with Gasteiger partial charge < -0.3 is 8.98 Å². The molecule has 0 radical (unpaired) electrons. The summed E-state index contributed by atoms with van der Waals surface area (Å²) >= 11 is 2.00. The zero-order valence-corrected chi connectivity index (χ0v) is 23.1. The largest absolute Gasteiger partial charge is 0.456 e. The summed E-state index contributed by atoms with van der Waals surface area (Å²) in [5.74, 6) is 2.03. The van der Waals surface area contributed by atoms with Crippen LogP contribution in [-0.2, 0) is 11.5 Å². The molecule has 0 spiro atoms. The maximum absolute atomic E-state index is 6.10. The average molecular weight is 544 g/mol. The van der Waals surface area contributed by atoms with Gasteiger partial charge in [0.25, 0.3) is 0 Å². The van der Waals surface area contributed by atoms with E-state index in [-0.39, 0.29) is 0 Å². The minimum atomic E-state index is 0.933. The van der Waals surface area contributed by atoms with Crippen LogP contribution in [0.15, 0.2) is 132 Å². The van der Waals surface area contributed by atoms with E-state index in [1.165, 1.54) is 60.9 Å². The third-order valence-corrected chi connectivity index (χ3v) is 9.59. The highest BCUT2D eigenvalue weighted by Gasteiger charge is 2.19. The van der Waals surface area contributed by atoms with Gasteiger partial charge in [-0.05, 0) is 81.9 Å². The molecule has 3 heteroatoms. The molecule has 9 rings (SSSR count). The minimum Gasteiger partial charge on any atom is -0.456 e. The first-order valence-electron chi connectivity index (χ1n) is 14.1. The van der Waals surface area contributed by atoms with E-state index in [0.29, 0.717) is 0 Å². The number of fused-ring (bicyclic) bond motifs is 9. The zero-order chi connectivity index (χ0) is 26.9. The van der Waals surface area contributed by atoms with E-state index in [0.717, 1.165) is 33.4 Å². The topological polar surface area (TPSA) is 18.1 Å². The molecule has 0 bridgehead atoms. The van der Waals surface area contributed by atoms with Gasteiger partial charge in [-0.3, -0.25) is 0 Å². The molecule has 0 aliphatic carbocycles. The Bertz CT molecular complexity index is 2250. The summed E-state index contributed by atoms with van der Waals surface area (Å²) in [6.45, 7) is 0. The highest BCUT2D eigenvalue weighted by atomic mass is 32.2. The summed E-state index contributed by atoms with van der Waals surface area (Å²) in [5, 5.41) is 4.91. The summed E-state index contributed by atoms with van der Waals surface area (Å²) in [4.78, 5) is 0. The Morgan fingerprint density at radius 1 is 0.488 bits per heavy atom. The van der Waals surface area contributed by atoms with Crippen LogP contribution in [0.4, 0.5) is 0 Å². The molecular formula is C38H25NOS. The Balaban J connectivity index is 1.24. The molecule has 6 aromatic carbocycles. The number of aromatic nitrogens is 1. The Labute approximate surface area is 241 Å². The molecule has 1 aliphatic heterocycles. The van der Waals surface area contributed by atoms with E-state index in [2.05, 4.69) is 120 Å². The zero-order valence-electron chi connectivity index (χ0n) is 22.3. The number of hydrogen-bond donors (Lipinski definition) is 0. The van der Waals surface area contributed by atoms with Crippen LogP contribution in [-0.4, -0.2) is 4.57 Å². The van der Waals surface area contributed by atoms with Crippen LogP contribution in [0.5, 0.6) is 0 Å². The van der Waals surface area contributed by atoms with Crippen molar-refractivity contribution < 1.29 is 4.42 Å². The summed E-state index contributed by atoms with van der Waals surface area (Å²) in [6, 6.07) is 46.4. The number of para-hydroxylation sites is 3. The smallest absolute Gasteiger partial charge is 0.135 e. The number of furan rings is 1. The second-order valence-corrected chi connectivity index (χ2v) is 11.9. The van der Waals surface area contributed by atoms with Crippen LogP contribution in [0.2, 0.25) is 0 Å². The third kappa shape index (κ3) is 3.52. The van der Waals surface area contributed by atoms with E-state index in [1.54, 1.807) is 0 Å². The van der Waals surface area contributed by atoms with Gasteiger partial charge >= 0.3 is 0 Å². The molecule has 0 unspecified atom stereocenters. The van der Waals surface area contributed by atoms with Crippen molar-refractivity contribution in [3.8, 4) is 27.9 Å². The number of nitrogens with zero attached hydrogens (tertiary/aromatic N) is 1. The van der Waals surface area contributed by atoms with Crippen LogP contribution in [0.1, 0.15) is 11.1 Å². The minimum absolute atomic E-state index is 0.933. The summed E-state index contributed by atoms with van der Waals surface area (Å²) in [7, 11) is 0. The van der Waals surface area contributed by atoms with Crippen molar-refractivity contribution in [2.45, 2.75) is 11.5 Å². The van der Waals surface area contributed by atoms with Crippen LogP contribution in [0.25, 0.3) is 71.7 Å². The Hall–Kier alpha value is -4.73. The lowest BCUT2D eigenvalue weighted by molar-refractivity contribution is 0.669. The molecule has 194 valence electrons. The fourth-order valence-corrected chi connectivity index (χ4v) is 7.64. The summed E-state index contributed by atoms with van der Waals surface area (Å²) < 4.78 is 8.52. The normalized spacial score (nSPS) is 13.1. The highest BCUT2D eigenvalue weighted by molar-refractivity contribution is 7.97. The van der Waals surface area contributed by atoms with Gasteiger partial charge in [0.15, 0.2) is 0 Å². The van der Waals surface area contributed by atoms with Gasteiger partial charge in [0.05, 0.1) is 11.0 Å². The number of rotatable bonds is 2. The van der Waals surface area contributed by atoms with Crippen LogP contribution in [0, 0.1) is 0 Å². The molecule has 0 amide bonds. The lowest BCUT2D eigenvalue weighted by atomic mass is 9.92. The van der Waals surface area contributed by atoms with Gasteiger partial charge in [-0.25, -0.2) is 0 Å². The van der Waals surface area contributed by atoms with Crippen molar-refractivity contribution in [2.75, 3.05) is 0 Å². The molecule has 2 nitrogen and oxygen atoms in total. The SMILES string of the molecule is c1ccc2c(c1)oc1ccc(-c3ccc4c(c3)-c3cc(-n5c6ccccc6c6ccccc65)ccc3CSC4)cc12. The van der Waals surface area contributed by atoms with Crippen molar-refractivity contribution >= 4 is 55.5 Å². The predicted octanol–water partition coefficient (Wildman–Crippen LogP) is 10.8. The molecular weight excluding hydrogens is 518 g/mol. The molecule has 0 fully saturated rings. The van der Waals surface area contributed by atoms with Crippen molar-refractivity contribution in [3.63, 3.8) is 0 Å².